The average Bonchev–Trinajstić information content (AvgIpc) is 2.72. The number of amides is 2. The van der Waals surface area contributed by atoms with Crippen LogP contribution in [0.3, 0.4) is 0 Å². The first-order valence-electron chi connectivity index (χ1n) is 9.54. The number of halogens is 1. The lowest BCUT2D eigenvalue weighted by atomic mass is 10.1. The van der Waals surface area contributed by atoms with Crippen molar-refractivity contribution in [1.29, 1.82) is 0 Å². The van der Waals surface area contributed by atoms with Crippen molar-refractivity contribution in [2.75, 3.05) is 12.3 Å². The zero-order valence-electron chi connectivity index (χ0n) is 16.4. The Morgan fingerprint density at radius 3 is 2.36 bits per heavy atom. The van der Waals surface area contributed by atoms with E-state index in [1.165, 1.54) is 11.8 Å². The molecular formula is C22H27ClN2O2S. The minimum atomic E-state index is -0.481. The van der Waals surface area contributed by atoms with Crippen LogP contribution in [0.5, 0.6) is 0 Å². The Kier molecular flexibility index (Phi) is 9.38. The van der Waals surface area contributed by atoms with Crippen LogP contribution < -0.4 is 5.32 Å². The van der Waals surface area contributed by atoms with E-state index in [-0.39, 0.29) is 17.6 Å². The van der Waals surface area contributed by atoms with Gasteiger partial charge in [-0.2, -0.15) is 0 Å². The third-order valence-electron chi connectivity index (χ3n) is 4.31. The molecule has 0 spiro atoms. The molecule has 2 aromatic rings. The lowest BCUT2D eigenvalue weighted by Crippen LogP contribution is -2.49. The highest BCUT2D eigenvalue weighted by Gasteiger charge is 2.28. The minimum Gasteiger partial charge on any atom is -0.354 e. The second kappa shape index (κ2) is 11.8. The van der Waals surface area contributed by atoms with Crippen LogP contribution in [0.15, 0.2) is 59.5 Å². The number of nitrogens with one attached hydrogen (secondary N) is 1. The Morgan fingerprint density at radius 2 is 1.75 bits per heavy atom. The minimum absolute atomic E-state index is 0.0534. The molecule has 2 amide bonds. The maximum absolute atomic E-state index is 13.1. The summed E-state index contributed by atoms with van der Waals surface area (Å²) in [6.07, 6.45) is 1.43. The van der Waals surface area contributed by atoms with Crippen LogP contribution in [-0.2, 0) is 16.1 Å². The molecule has 0 bridgehead atoms. The van der Waals surface area contributed by atoms with Crippen LogP contribution in [-0.4, -0.2) is 35.1 Å². The molecule has 1 atom stereocenters. The van der Waals surface area contributed by atoms with E-state index in [0.29, 0.717) is 24.5 Å². The van der Waals surface area contributed by atoms with Crippen molar-refractivity contribution in [2.45, 2.75) is 44.2 Å². The molecule has 0 radical (unpaired) electrons. The largest absolute Gasteiger partial charge is 0.354 e. The molecule has 150 valence electrons. The molecule has 0 fully saturated rings. The van der Waals surface area contributed by atoms with Crippen molar-refractivity contribution in [3.8, 4) is 0 Å². The van der Waals surface area contributed by atoms with E-state index in [2.05, 4.69) is 5.32 Å². The number of carbonyl (C=O) groups is 2. The second-order valence-corrected chi connectivity index (χ2v) is 7.95. The maximum Gasteiger partial charge on any atom is 0.242 e. The van der Waals surface area contributed by atoms with E-state index in [9.17, 15) is 9.59 Å². The number of hydrogen-bond donors (Lipinski definition) is 1. The van der Waals surface area contributed by atoms with Gasteiger partial charge in [0, 0.05) is 23.0 Å². The summed E-state index contributed by atoms with van der Waals surface area (Å²) >= 11 is 7.38. The molecule has 0 heterocycles. The predicted octanol–water partition coefficient (Wildman–Crippen LogP) is 4.77. The Labute approximate surface area is 176 Å². The van der Waals surface area contributed by atoms with Gasteiger partial charge in [-0.05, 0) is 42.7 Å². The van der Waals surface area contributed by atoms with Crippen molar-refractivity contribution < 1.29 is 9.59 Å². The van der Waals surface area contributed by atoms with Gasteiger partial charge in [0.15, 0.2) is 0 Å². The molecule has 0 aliphatic heterocycles. The smallest absolute Gasteiger partial charge is 0.242 e. The summed E-state index contributed by atoms with van der Waals surface area (Å²) in [5.74, 6) is 0.124. The zero-order valence-corrected chi connectivity index (χ0v) is 17.9. The van der Waals surface area contributed by atoms with Gasteiger partial charge in [0.1, 0.15) is 6.04 Å². The van der Waals surface area contributed by atoms with Gasteiger partial charge in [-0.1, -0.05) is 55.8 Å². The maximum atomic E-state index is 13.1. The summed E-state index contributed by atoms with van der Waals surface area (Å²) in [4.78, 5) is 28.4. The number of carbonyl (C=O) groups excluding carboxylic acids is 2. The number of rotatable bonds is 10. The van der Waals surface area contributed by atoms with Gasteiger partial charge < -0.3 is 10.2 Å². The van der Waals surface area contributed by atoms with Crippen LogP contribution in [0.1, 0.15) is 32.3 Å². The molecule has 0 saturated heterocycles. The highest BCUT2D eigenvalue weighted by atomic mass is 35.5. The van der Waals surface area contributed by atoms with Gasteiger partial charge in [-0.3, -0.25) is 9.59 Å². The Morgan fingerprint density at radius 1 is 1.07 bits per heavy atom. The molecule has 28 heavy (non-hydrogen) atoms. The fraction of sp³-hybridized carbons (Fsp3) is 0.364. The van der Waals surface area contributed by atoms with Crippen molar-refractivity contribution in [2.24, 2.45) is 0 Å². The van der Waals surface area contributed by atoms with Crippen molar-refractivity contribution in [1.82, 2.24) is 10.2 Å². The summed E-state index contributed by atoms with van der Waals surface area (Å²) in [5, 5.41) is 3.60. The quantitative estimate of drug-likeness (QED) is 0.565. The van der Waals surface area contributed by atoms with E-state index >= 15 is 0 Å². The Balaban J connectivity index is 2.14. The first-order valence-corrected chi connectivity index (χ1v) is 10.9. The molecule has 0 aliphatic rings. The molecule has 0 saturated carbocycles. The average molecular weight is 419 g/mol. The highest BCUT2D eigenvalue weighted by molar-refractivity contribution is 8.00. The molecule has 0 unspecified atom stereocenters. The molecule has 4 nitrogen and oxygen atoms in total. The standard InChI is InChI=1S/C22H27ClN2O2S/c1-3-14-24-22(27)20(4-2)25(15-17-8-6-5-7-9-17)21(26)16-28-19-12-10-18(23)11-13-19/h5-13,20H,3-4,14-16H2,1-2H3,(H,24,27)/t20-/m0/s1. The molecular weight excluding hydrogens is 392 g/mol. The fourth-order valence-corrected chi connectivity index (χ4v) is 3.73. The first kappa shape index (κ1) is 22.3. The summed E-state index contributed by atoms with van der Waals surface area (Å²) < 4.78 is 0. The lowest BCUT2D eigenvalue weighted by molar-refractivity contribution is -0.139. The van der Waals surface area contributed by atoms with Gasteiger partial charge in [0.05, 0.1) is 5.75 Å². The summed E-state index contributed by atoms with van der Waals surface area (Å²) in [5.41, 5.74) is 1.01. The Hall–Kier alpha value is -1.98. The lowest BCUT2D eigenvalue weighted by Gasteiger charge is -2.30. The monoisotopic (exact) mass is 418 g/mol. The Bertz CT molecular complexity index is 753. The molecule has 0 aliphatic carbocycles. The van der Waals surface area contributed by atoms with Crippen molar-refractivity contribution >= 4 is 35.2 Å². The van der Waals surface area contributed by atoms with E-state index in [0.717, 1.165) is 16.9 Å². The molecule has 2 rings (SSSR count). The van der Waals surface area contributed by atoms with E-state index in [1.54, 1.807) is 4.90 Å². The zero-order chi connectivity index (χ0) is 20.4. The van der Waals surface area contributed by atoms with Gasteiger partial charge in [0.25, 0.3) is 0 Å². The normalized spacial score (nSPS) is 11.7. The van der Waals surface area contributed by atoms with Crippen LogP contribution in [0, 0.1) is 0 Å². The van der Waals surface area contributed by atoms with Crippen LogP contribution in [0.2, 0.25) is 5.02 Å². The summed E-state index contributed by atoms with van der Waals surface area (Å²) in [6, 6.07) is 16.7. The van der Waals surface area contributed by atoms with Gasteiger partial charge >= 0.3 is 0 Å². The summed E-state index contributed by atoms with van der Waals surface area (Å²) in [7, 11) is 0. The van der Waals surface area contributed by atoms with E-state index in [4.69, 9.17) is 11.6 Å². The van der Waals surface area contributed by atoms with E-state index in [1.807, 2.05) is 68.4 Å². The first-order chi connectivity index (χ1) is 13.5. The molecule has 1 N–H and O–H groups in total. The van der Waals surface area contributed by atoms with Gasteiger partial charge in [-0.25, -0.2) is 0 Å². The number of thioether (sulfide) groups is 1. The summed E-state index contributed by atoms with van der Waals surface area (Å²) in [6.45, 7) is 4.98. The van der Waals surface area contributed by atoms with Crippen molar-refractivity contribution in [3.05, 3.63) is 65.2 Å². The predicted molar refractivity (Wildman–Crippen MR) is 117 cm³/mol. The third kappa shape index (κ3) is 6.88. The SMILES string of the molecule is CCCNC(=O)[C@H](CC)N(Cc1ccccc1)C(=O)CSc1ccc(Cl)cc1. The number of nitrogens with zero attached hydrogens (tertiary/aromatic N) is 1. The number of benzene rings is 2. The highest BCUT2D eigenvalue weighted by Crippen LogP contribution is 2.22. The van der Waals surface area contributed by atoms with Crippen LogP contribution in [0.4, 0.5) is 0 Å². The topological polar surface area (TPSA) is 49.4 Å². The van der Waals surface area contributed by atoms with Gasteiger partial charge in [-0.15, -0.1) is 11.8 Å². The van der Waals surface area contributed by atoms with E-state index < -0.39 is 6.04 Å². The fourth-order valence-electron chi connectivity index (χ4n) is 2.82. The van der Waals surface area contributed by atoms with Gasteiger partial charge in [0.2, 0.25) is 11.8 Å². The van der Waals surface area contributed by atoms with Crippen LogP contribution >= 0.6 is 23.4 Å². The number of hydrogen-bond acceptors (Lipinski definition) is 3. The molecule has 2 aromatic carbocycles. The second-order valence-electron chi connectivity index (χ2n) is 6.46. The third-order valence-corrected chi connectivity index (χ3v) is 5.56. The van der Waals surface area contributed by atoms with Crippen LogP contribution in [0.25, 0.3) is 0 Å². The molecule has 6 heteroatoms. The van der Waals surface area contributed by atoms with Crippen molar-refractivity contribution in [3.63, 3.8) is 0 Å². The molecule has 0 aromatic heterocycles.